The highest BCUT2D eigenvalue weighted by atomic mass is 16.2. The highest BCUT2D eigenvalue weighted by Crippen LogP contribution is 2.40. The smallest absolute Gasteiger partial charge is 0.227 e. The minimum atomic E-state index is -0.492. The van der Waals surface area contributed by atoms with Crippen LogP contribution in [0.1, 0.15) is 66.7 Å². The zero-order chi connectivity index (χ0) is 17.3. The van der Waals surface area contributed by atoms with E-state index in [1.807, 2.05) is 20.8 Å². The highest BCUT2D eigenvalue weighted by molar-refractivity contribution is 5.83. The fourth-order valence-electron chi connectivity index (χ4n) is 3.14. The van der Waals surface area contributed by atoms with E-state index >= 15 is 0 Å². The molecule has 1 saturated carbocycles. The number of hydrogen-bond donors (Lipinski definition) is 3. The summed E-state index contributed by atoms with van der Waals surface area (Å²) in [5.41, 5.74) is -0.0700. The van der Waals surface area contributed by atoms with Crippen LogP contribution in [-0.4, -0.2) is 38.0 Å². The van der Waals surface area contributed by atoms with E-state index in [2.05, 4.69) is 34.8 Å². The van der Waals surface area contributed by atoms with Crippen molar-refractivity contribution in [2.45, 2.75) is 66.7 Å². The lowest BCUT2D eigenvalue weighted by molar-refractivity contribution is -0.128. The summed E-state index contributed by atoms with van der Waals surface area (Å²) in [4.78, 5) is 16.7. The van der Waals surface area contributed by atoms with Crippen molar-refractivity contribution >= 4 is 11.9 Å². The Morgan fingerprint density at radius 1 is 1.04 bits per heavy atom. The summed E-state index contributed by atoms with van der Waals surface area (Å²) < 4.78 is 0. The van der Waals surface area contributed by atoms with Crippen molar-refractivity contribution in [2.75, 3.05) is 26.2 Å². The minimum absolute atomic E-state index is 0.0559. The third kappa shape index (κ3) is 6.04. The Hall–Kier alpha value is -1.26. The number of amides is 1. The van der Waals surface area contributed by atoms with Gasteiger partial charge in [0.2, 0.25) is 5.91 Å². The number of hydrogen-bond acceptors (Lipinski definition) is 2. The van der Waals surface area contributed by atoms with Gasteiger partial charge < -0.3 is 16.0 Å². The molecule has 5 nitrogen and oxygen atoms in total. The lowest BCUT2D eigenvalue weighted by Crippen LogP contribution is -2.44. The predicted molar refractivity (Wildman–Crippen MR) is 97.6 cm³/mol. The van der Waals surface area contributed by atoms with Crippen molar-refractivity contribution in [3.8, 4) is 0 Å². The van der Waals surface area contributed by atoms with E-state index in [0.717, 1.165) is 19.0 Å². The Balaban J connectivity index is 2.64. The number of guanidine groups is 1. The van der Waals surface area contributed by atoms with Crippen LogP contribution in [-0.2, 0) is 4.79 Å². The second kappa shape index (κ2) is 9.14. The molecule has 0 spiro atoms. The van der Waals surface area contributed by atoms with Gasteiger partial charge in [0.1, 0.15) is 0 Å². The Morgan fingerprint density at radius 2 is 1.65 bits per heavy atom. The van der Waals surface area contributed by atoms with Crippen molar-refractivity contribution in [1.82, 2.24) is 16.0 Å². The second-order valence-electron chi connectivity index (χ2n) is 7.35. The van der Waals surface area contributed by atoms with Gasteiger partial charge in [-0.2, -0.15) is 0 Å². The topological polar surface area (TPSA) is 65.5 Å². The van der Waals surface area contributed by atoms with Crippen molar-refractivity contribution in [2.24, 2.45) is 15.8 Å². The van der Waals surface area contributed by atoms with Gasteiger partial charge in [-0.15, -0.1) is 0 Å². The van der Waals surface area contributed by atoms with Gasteiger partial charge in [0, 0.05) is 19.6 Å². The molecule has 134 valence electrons. The SMILES string of the molecule is CCNC(=O)C(C)(C)CN=C(NCC)NCC1(CC)CCCC1. The van der Waals surface area contributed by atoms with Gasteiger partial charge in [-0.05, 0) is 52.4 Å². The quantitative estimate of drug-likeness (QED) is 0.475. The molecular weight excluding hydrogens is 288 g/mol. The molecule has 0 saturated heterocycles. The largest absolute Gasteiger partial charge is 0.357 e. The summed E-state index contributed by atoms with van der Waals surface area (Å²) in [5.74, 6) is 0.880. The van der Waals surface area contributed by atoms with Gasteiger partial charge in [0.15, 0.2) is 5.96 Å². The first-order valence-corrected chi connectivity index (χ1v) is 9.19. The van der Waals surface area contributed by atoms with Crippen molar-refractivity contribution in [3.63, 3.8) is 0 Å². The van der Waals surface area contributed by atoms with Crippen molar-refractivity contribution in [3.05, 3.63) is 0 Å². The van der Waals surface area contributed by atoms with E-state index in [1.165, 1.54) is 32.1 Å². The van der Waals surface area contributed by atoms with Gasteiger partial charge >= 0.3 is 0 Å². The molecule has 0 atom stereocenters. The van der Waals surface area contributed by atoms with E-state index in [0.29, 0.717) is 18.5 Å². The Labute approximate surface area is 142 Å². The number of rotatable bonds is 8. The van der Waals surface area contributed by atoms with Crippen LogP contribution in [0.2, 0.25) is 0 Å². The monoisotopic (exact) mass is 324 g/mol. The number of carbonyl (C=O) groups excluding carboxylic acids is 1. The summed E-state index contributed by atoms with van der Waals surface area (Å²) >= 11 is 0. The van der Waals surface area contributed by atoms with E-state index in [1.54, 1.807) is 0 Å². The summed E-state index contributed by atoms with van der Waals surface area (Å²) in [6.45, 7) is 13.1. The first kappa shape index (κ1) is 19.8. The van der Waals surface area contributed by atoms with E-state index < -0.39 is 5.41 Å². The second-order valence-corrected chi connectivity index (χ2v) is 7.35. The molecule has 0 aromatic rings. The lowest BCUT2D eigenvalue weighted by atomic mass is 9.83. The van der Waals surface area contributed by atoms with Gasteiger partial charge in [0.25, 0.3) is 0 Å². The van der Waals surface area contributed by atoms with Gasteiger partial charge in [-0.1, -0.05) is 19.8 Å². The van der Waals surface area contributed by atoms with Crippen LogP contribution in [0.4, 0.5) is 0 Å². The number of carbonyl (C=O) groups is 1. The average Bonchev–Trinajstić information content (AvgIpc) is 3.00. The Bertz CT molecular complexity index is 398. The molecule has 1 rings (SSSR count). The molecule has 0 unspecified atom stereocenters. The molecule has 0 aliphatic heterocycles. The molecule has 1 aliphatic rings. The zero-order valence-corrected chi connectivity index (χ0v) is 15.7. The summed E-state index contributed by atoms with van der Waals surface area (Å²) in [7, 11) is 0. The highest BCUT2D eigenvalue weighted by Gasteiger charge is 2.32. The van der Waals surface area contributed by atoms with Crippen LogP contribution in [0.15, 0.2) is 4.99 Å². The van der Waals surface area contributed by atoms with Gasteiger partial charge in [-0.25, -0.2) is 0 Å². The van der Waals surface area contributed by atoms with Gasteiger partial charge in [-0.3, -0.25) is 9.79 Å². The van der Waals surface area contributed by atoms with Crippen LogP contribution in [0.5, 0.6) is 0 Å². The van der Waals surface area contributed by atoms with Crippen molar-refractivity contribution < 1.29 is 4.79 Å². The van der Waals surface area contributed by atoms with E-state index in [4.69, 9.17) is 0 Å². The van der Waals surface area contributed by atoms with Crippen LogP contribution in [0, 0.1) is 10.8 Å². The normalized spacial score (nSPS) is 17.9. The average molecular weight is 325 g/mol. The molecule has 1 aliphatic carbocycles. The van der Waals surface area contributed by atoms with E-state index in [9.17, 15) is 4.79 Å². The fourth-order valence-corrected chi connectivity index (χ4v) is 3.14. The summed E-state index contributed by atoms with van der Waals surface area (Å²) in [5, 5.41) is 9.69. The molecule has 23 heavy (non-hydrogen) atoms. The molecule has 1 amide bonds. The third-order valence-electron chi connectivity index (χ3n) is 4.97. The maximum atomic E-state index is 12.1. The molecule has 0 bridgehead atoms. The molecule has 0 heterocycles. The zero-order valence-electron chi connectivity index (χ0n) is 15.7. The van der Waals surface area contributed by atoms with Gasteiger partial charge in [0.05, 0.1) is 12.0 Å². The molecule has 0 radical (unpaired) electrons. The molecule has 5 heteroatoms. The number of nitrogens with zero attached hydrogens (tertiary/aromatic N) is 1. The minimum Gasteiger partial charge on any atom is -0.357 e. The predicted octanol–water partition coefficient (Wildman–Crippen LogP) is 2.67. The molecular formula is C18H36N4O. The summed E-state index contributed by atoms with van der Waals surface area (Å²) in [6.07, 6.45) is 6.51. The maximum absolute atomic E-state index is 12.1. The maximum Gasteiger partial charge on any atom is 0.227 e. The Morgan fingerprint density at radius 3 is 2.17 bits per heavy atom. The van der Waals surface area contributed by atoms with Crippen LogP contribution in [0.3, 0.4) is 0 Å². The number of aliphatic imine (C=N–C) groups is 1. The first-order valence-electron chi connectivity index (χ1n) is 9.19. The molecule has 3 N–H and O–H groups in total. The standard InChI is InChI=1S/C18H36N4O/c1-6-18(11-9-10-12-18)14-22-16(20-8-3)21-13-17(4,5)15(23)19-7-2/h6-14H2,1-5H3,(H,19,23)(H2,20,21,22). The van der Waals surface area contributed by atoms with Crippen molar-refractivity contribution in [1.29, 1.82) is 0 Å². The number of nitrogens with one attached hydrogen (secondary N) is 3. The molecule has 0 aromatic heterocycles. The third-order valence-corrected chi connectivity index (χ3v) is 4.97. The summed E-state index contributed by atoms with van der Waals surface area (Å²) in [6, 6.07) is 0. The lowest BCUT2D eigenvalue weighted by Gasteiger charge is -2.29. The Kier molecular flexibility index (Phi) is 7.86. The van der Waals surface area contributed by atoms with Crippen LogP contribution < -0.4 is 16.0 Å². The van der Waals surface area contributed by atoms with Crippen LogP contribution in [0.25, 0.3) is 0 Å². The van der Waals surface area contributed by atoms with Crippen LogP contribution >= 0.6 is 0 Å². The molecule has 1 fully saturated rings. The molecule has 0 aromatic carbocycles. The fraction of sp³-hybridized carbons (Fsp3) is 0.889. The first-order chi connectivity index (χ1) is 10.9. The van der Waals surface area contributed by atoms with E-state index in [-0.39, 0.29) is 5.91 Å².